The largest absolute Gasteiger partial charge is 0.497 e. The molecule has 0 radical (unpaired) electrons. The van der Waals surface area contributed by atoms with Gasteiger partial charge in [0.15, 0.2) is 0 Å². The number of carbonyl (C=O) groups excluding carboxylic acids is 2. The third kappa shape index (κ3) is 7.24. The summed E-state index contributed by atoms with van der Waals surface area (Å²) in [7, 11) is 1.60. The molecule has 1 unspecified atom stereocenters. The Labute approximate surface area is 204 Å². The minimum absolute atomic E-state index is 0.151. The number of amides is 2. The summed E-state index contributed by atoms with van der Waals surface area (Å²) in [6, 6.07) is 21.2. The first kappa shape index (κ1) is 24.6. The molecular formula is C26H26Cl2N2O3. The van der Waals surface area contributed by atoms with Gasteiger partial charge in [0.2, 0.25) is 11.8 Å². The maximum Gasteiger partial charge on any atom is 0.242 e. The van der Waals surface area contributed by atoms with Gasteiger partial charge in [-0.25, -0.2) is 0 Å². The SMILES string of the molecule is COc1ccc(CN(C(=O)Cc2ccc(Cl)cc2)C(C)C(=O)NCc2ccc(Cl)cc2)cc1. The van der Waals surface area contributed by atoms with Gasteiger partial charge in [-0.1, -0.05) is 59.6 Å². The molecule has 0 aliphatic carbocycles. The zero-order valence-corrected chi connectivity index (χ0v) is 20.1. The van der Waals surface area contributed by atoms with Crippen LogP contribution in [-0.4, -0.2) is 29.9 Å². The Balaban J connectivity index is 1.74. The average molecular weight is 485 g/mol. The molecule has 0 aromatic heterocycles. The number of ether oxygens (including phenoxy) is 1. The summed E-state index contributed by atoms with van der Waals surface area (Å²) in [6.45, 7) is 2.38. The minimum Gasteiger partial charge on any atom is -0.497 e. The second kappa shape index (κ2) is 11.7. The predicted octanol–water partition coefficient (Wildman–Crippen LogP) is 5.28. The van der Waals surface area contributed by atoms with E-state index in [0.29, 0.717) is 23.1 Å². The smallest absolute Gasteiger partial charge is 0.242 e. The van der Waals surface area contributed by atoms with Crippen LogP contribution in [0.3, 0.4) is 0 Å². The van der Waals surface area contributed by atoms with Gasteiger partial charge in [0.1, 0.15) is 11.8 Å². The molecule has 1 atom stereocenters. The van der Waals surface area contributed by atoms with Crippen LogP contribution in [0.1, 0.15) is 23.6 Å². The number of benzene rings is 3. The molecule has 3 rings (SSSR count). The Morgan fingerprint density at radius 3 is 1.91 bits per heavy atom. The van der Waals surface area contributed by atoms with Crippen molar-refractivity contribution in [1.29, 1.82) is 0 Å². The summed E-state index contributed by atoms with van der Waals surface area (Å²) in [5.74, 6) is 0.344. The van der Waals surface area contributed by atoms with Crippen molar-refractivity contribution in [2.24, 2.45) is 0 Å². The highest BCUT2D eigenvalue weighted by atomic mass is 35.5. The summed E-state index contributed by atoms with van der Waals surface area (Å²) < 4.78 is 5.21. The monoisotopic (exact) mass is 484 g/mol. The van der Waals surface area contributed by atoms with Crippen LogP contribution in [0.25, 0.3) is 0 Å². The van der Waals surface area contributed by atoms with Gasteiger partial charge in [-0.2, -0.15) is 0 Å². The quantitative estimate of drug-likeness (QED) is 0.449. The predicted molar refractivity (Wildman–Crippen MR) is 131 cm³/mol. The van der Waals surface area contributed by atoms with Gasteiger partial charge in [0.25, 0.3) is 0 Å². The molecule has 1 N–H and O–H groups in total. The second-order valence-corrected chi connectivity index (χ2v) is 8.57. The lowest BCUT2D eigenvalue weighted by Gasteiger charge is -2.29. The number of methoxy groups -OCH3 is 1. The van der Waals surface area contributed by atoms with E-state index in [4.69, 9.17) is 27.9 Å². The van der Waals surface area contributed by atoms with Crippen molar-refractivity contribution >= 4 is 35.0 Å². The normalized spacial score (nSPS) is 11.5. The van der Waals surface area contributed by atoms with E-state index in [1.165, 1.54) is 0 Å². The van der Waals surface area contributed by atoms with Gasteiger partial charge < -0.3 is 15.0 Å². The van der Waals surface area contributed by atoms with E-state index in [1.807, 2.05) is 48.5 Å². The van der Waals surface area contributed by atoms with Crippen molar-refractivity contribution < 1.29 is 14.3 Å². The Hall–Kier alpha value is -3.02. The first-order chi connectivity index (χ1) is 15.9. The van der Waals surface area contributed by atoms with Crippen LogP contribution in [0.2, 0.25) is 10.0 Å². The fourth-order valence-electron chi connectivity index (χ4n) is 3.33. The van der Waals surface area contributed by atoms with Crippen LogP contribution in [0.4, 0.5) is 0 Å². The molecule has 0 aliphatic rings. The number of hydrogen-bond donors (Lipinski definition) is 1. The van der Waals surface area contributed by atoms with Crippen molar-refractivity contribution in [3.05, 3.63) is 99.5 Å². The number of halogens is 2. The molecule has 5 nitrogen and oxygen atoms in total. The maximum absolute atomic E-state index is 13.3. The molecule has 7 heteroatoms. The highest BCUT2D eigenvalue weighted by molar-refractivity contribution is 6.30. The number of hydrogen-bond acceptors (Lipinski definition) is 3. The Bertz CT molecular complexity index is 1070. The second-order valence-electron chi connectivity index (χ2n) is 7.69. The molecule has 0 saturated carbocycles. The van der Waals surface area contributed by atoms with Gasteiger partial charge in [-0.3, -0.25) is 9.59 Å². The van der Waals surface area contributed by atoms with Crippen molar-refractivity contribution in [3.63, 3.8) is 0 Å². The van der Waals surface area contributed by atoms with E-state index in [-0.39, 0.29) is 18.2 Å². The number of nitrogens with zero attached hydrogens (tertiary/aromatic N) is 1. The van der Waals surface area contributed by atoms with Crippen molar-refractivity contribution in [2.45, 2.75) is 32.5 Å². The van der Waals surface area contributed by atoms with Crippen molar-refractivity contribution in [1.82, 2.24) is 10.2 Å². The van der Waals surface area contributed by atoms with E-state index in [0.717, 1.165) is 22.4 Å². The molecule has 0 bridgehead atoms. The van der Waals surface area contributed by atoms with Gasteiger partial charge in [0.05, 0.1) is 13.5 Å². The standard InChI is InChI=1S/C26H26Cl2N2O3/c1-18(26(32)29-16-20-5-11-23(28)12-6-20)30(17-21-7-13-24(33-2)14-8-21)25(31)15-19-3-9-22(27)10-4-19/h3-14,18H,15-17H2,1-2H3,(H,29,32). The van der Waals surface area contributed by atoms with E-state index in [9.17, 15) is 9.59 Å². The van der Waals surface area contributed by atoms with Crippen LogP contribution < -0.4 is 10.1 Å². The lowest BCUT2D eigenvalue weighted by Crippen LogP contribution is -2.47. The van der Waals surface area contributed by atoms with Crippen LogP contribution >= 0.6 is 23.2 Å². The Morgan fingerprint density at radius 2 is 1.36 bits per heavy atom. The zero-order chi connectivity index (χ0) is 23.8. The Kier molecular flexibility index (Phi) is 8.75. The number of nitrogens with one attached hydrogen (secondary N) is 1. The molecule has 0 saturated heterocycles. The molecule has 3 aromatic rings. The first-order valence-corrected chi connectivity index (χ1v) is 11.3. The third-order valence-electron chi connectivity index (χ3n) is 5.33. The van der Waals surface area contributed by atoms with Crippen molar-refractivity contribution in [3.8, 4) is 5.75 Å². The van der Waals surface area contributed by atoms with Gasteiger partial charge in [0, 0.05) is 23.1 Å². The topological polar surface area (TPSA) is 58.6 Å². The highest BCUT2D eigenvalue weighted by Gasteiger charge is 2.26. The fourth-order valence-corrected chi connectivity index (χ4v) is 3.58. The number of carbonyl (C=O) groups is 2. The van der Waals surface area contributed by atoms with Crippen LogP contribution in [0.15, 0.2) is 72.8 Å². The fraction of sp³-hybridized carbons (Fsp3) is 0.231. The summed E-state index contributed by atoms with van der Waals surface area (Å²) in [5, 5.41) is 4.16. The van der Waals surface area contributed by atoms with Crippen LogP contribution in [0, 0.1) is 0 Å². The maximum atomic E-state index is 13.3. The molecule has 0 heterocycles. The molecule has 33 heavy (non-hydrogen) atoms. The van der Waals surface area contributed by atoms with E-state index in [1.54, 1.807) is 43.2 Å². The lowest BCUT2D eigenvalue weighted by atomic mass is 10.1. The van der Waals surface area contributed by atoms with Gasteiger partial charge in [-0.05, 0) is 60.0 Å². The summed E-state index contributed by atoms with van der Waals surface area (Å²) in [5.41, 5.74) is 2.66. The highest BCUT2D eigenvalue weighted by Crippen LogP contribution is 2.17. The molecular weight excluding hydrogens is 459 g/mol. The third-order valence-corrected chi connectivity index (χ3v) is 5.83. The van der Waals surface area contributed by atoms with Gasteiger partial charge in [-0.15, -0.1) is 0 Å². The summed E-state index contributed by atoms with van der Waals surface area (Å²) >= 11 is 11.9. The van der Waals surface area contributed by atoms with Crippen LogP contribution in [-0.2, 0) is 29.1 Å². The average Bonchev–Trinajstić information content (AvgIpc) is 2.83. The van der Waals surface area contributed by atoms with E-state index >= 15 is 0 Å². The van der Waals surface area contributed by atoms with E-state index in [2.05, 4.69) is 5.32 Å². The summed E-state index contributed by atoms with van der Waals surface area (Å²) in [4.78, 5) is 27.8. The first-order valence-electron chi connectivity index (χ1n) is 10.5. The molecule has 3 aromatic carbocycles. The van der Waals surface area contributed by atoms with Crippen molar-refractivity contribution in [2.75, 3.05) is 7.11 Å². The number of rotatable bonds is 9. The molecule has 172 valence electrons. The molecule has 0 spiro atoms. The van der Waals surface area contributed by atoms with Gasteiger partial charge >= 0.3 is 0 Å². The van der Waals surface area contributed by atoms with E-state index < -0.39 is 6.04 Å². The molecule has 0 fully saturated rings. The zero-order valence-electron chi connectivity index (χ0n) is 18.6. The molecule has 0 aliphatic heterocycles. The summed E-state index contributed by atoms with van der Waals surface area (Å²) in [6.07, 6.45) is 0.169. The Morgan fingerprint density at radius 1 is 0.848 bits per heavy atom. The molecule has 2 amide bonds. The lowest BCUT2D eigenvalue weighted by molar-refractivity contribution is -0.140. The van der Waals surface area contributed by atoms with Crippen LogP contribution in [0.5, 0.6) is 5.75 Å². The minimum atomic E-state index is -0.667.